The van der Waals surface area contributed by atoms with Crippen molar-refractivity contribution in [3.63, 3.8) is 0 Å². The molecule has 0 aliphatic heterocycles. The number of hydrogen-bond acceptors (Lipinski definition) is 6. The van der Waals surface area contributed by atoms with Gasteiger partial charge in [-0.25, -0.2) is 9.59 Å². The van der Waals surface area contributed by atoms with E-state index in [0.717, 1.165) is 0 Å². The summed E-state index contributed by atoms with van der Waals surface area (Å²) in [5, 5.41) is 10.2. The van der Waals surface area contributed by atoms with Crippen molar-refractivity contribution in [3.8, 4) is 22.8 Å². The van der Waals surface area contributed by atoms with Gasteiger partial charge >= 0.3 is 11.7 Å². The van der Waals surface area contributed by atoms with Gasteiger partial charge in [-0.2, -0.15) is 4.98 Å². The quantitative estimate of drug-likeness (QED) is 0.825. The topological polar surface area (TPSA) is 102 Å². The van der Waals surface area contributed by atoms with Gasteiger partial charge in [0.1, 0.15) is 5.56 Å². The molecule has 7 heteroatoms. The molecule has 2 rings (SSSR count). The van der Waals surface area contributed by atoms with Crippen molar-refractivity contribution < 1.29 is 19.4 Å². The van der Waals surface area contributed by atoms with Crippen LogP contribution in [0.2, 0.25) is 0 Å². The first kappa shape index (κ1) is 14.6. The number of esters is 1. The van der Waals surface area contributed by atoms with E-state index in [4.69, 9.17) is 9.47 Å². The van der Waals surface area contributed by atoms with Crippen LogP contribution in [0.15, 0.2) is 23.0 Å². The van der Waals surface area contributed by atoms with Crippen LogP contribution < -0.4 is 10.4 Å². The summed E-state index contributed by atoms with van der Waals surface area (Å²) in [7, 11) is 2.62. The standard InChI is InChI=1S/C14H14N2O5/c1-7-10(13(18)21-3)11(16-14(19)15-7)8-5-4-6-9(20-2)12(8)17/h4-6,17H,1-3H3,(H,15,16,19). The molecule has 0 spiro atoms. The number of nitrogens with one attached hydrogen (secondary N) is 1. The maximum absolute atomic E-state index is 11.9. The van der Waals surface area contributed by atoms with E-state index in [-0.39, 0.29) is 28.3 Å². The van der Waals surface area contributed by atoms with E-state index < -0.39 is 11.7 Å². The van der Waals surface area contributed by atoms with E-state index >= 15 is 0 Å². The fraction of sp³-hybridized carbons (Fsp3) is 0.214. The number of aromatic nitrogens is 2. The van der Waals surface area contributed by atoms with Crippen molar-refractivity contribution in [2.75, 3.05) is 14.2 Å². The van der Waals surface area contributed by atoms with Crippen LogP contribution >= 0.6 is 0 Å². The number of para-hydroxylation sites is 1. The Bertz CT molecular complexity index is 752. The number of H-pyrrole nitrogens is 1. The lowest BCUT2D eigenvalue weighted by molar-refractivity contribution is 0.0599. The molecule has 1 aromatic carbocycles. The number of phenols is 1. The smallest absolute Gasteiger partial charge is 0.345 e. The van der Waals surface area contributed by atoms with Gasteiger partial charge in [0.15, 0.2) is 11.5 Å². The molecule has 0 saturated heterocycles. The fourth-order valence-electron chi connectivity index (χ4n) is 2.01. The monoisotopic (exact) mass is 290 g/mol. The predicted molar refractivity (Wildman–Crippen MR) is 74.6 cm³/mol. The number of rotatable bonds is 3. The molecule has 1 aromatic heterocycles. The minimum atomic E-state index is -0.659. The van der Waals surface area contributed by atoms with Gasteiger partial charge in [0.05, 0.1) is 19.9 Å². The summed E-state index contributed by atoms with van der Waals surface area (Å²) in [6.07, 6.45) is 0. The zero-order valence-electron chi connectivity index (χ0n) is 11.8. The van der Waals surface area contributed by atoms with Crippen molar-refractivity contribution in [2.45, 2.75) is 6.92 Å². The van der Waals surface area contributed by atoms with Crippen LogP contribution in [0.25, 0.3) is 11.3 Å². The number of aromatic amines is 1. The molecule has 0 aliphatic rings. The molecular weight excluding hydrogens is 276 g/mol. The average molecular weight is 290 g/mol. The van der Waals surface area contributed by atoms with E-state index in [0.29, 0.717) is 5.69 Å². The van der Waals surface area contributed by atoms with E-state index in [1.165, 1.54) is 20.3 Å². The van der Waals surface area contributed by atoms with Crippen molar-refractivity contribution in [2.24, 2.45) is 0 Å². The SMILES string of the molecule is COC(=O)c1c(-c2cccc(OC)c2O)nc(=O)[nH]c1C. The minimum Gasteiger partial charge on any atom is -0.504 e. The van der Waals surface area contributed by atoms with Gasteiger partial charge in [0.25, 0.3) is 0 Å². The molecule has 0 fully saturated rings. The van der Waals surface area contributed by atoms with Crippen LogP contribution in [0.3, 0.4) is 0 Å². The van der Waals surface area contributed by atoms with Gasteiger partial charge in [-0.1, -0.05) is 6.07 Å². The van der Waals surface area contributed by atoms with Gasteiger partial charge in [-0.15, -0.1) is 0 Å². The number of aryl methyl sites for hydroxylation is 1. The molecule has 0 radical (unpaired) electrons. The summed E-state index contributed by atoms with van der Waals surface area (Å²) in [5.41, 5.74) is 0.0144. The third-order valence-corrected chi connectivity index (χ3v) is 2.98. The first-order valence-corrected chi connectivity index (χ1v) is 6.05. The van der Waals surface area contributed by atoms with Crippen molar-refractivity contribution in [3.05, 3.63) is 39.9 Å². The predicted octanol–water partition coefficient (Wildman–Crippen LogP) is 1.25. The maximum Gasteiger partial charge on any atom is 0.345 e. The third kappa shape index (κ3) is 2.58. The Kier molecular flexibility index (Phi) is 3.93. The van der Waals surface area contributed by atoms with Crippen LogP contribution in [0, 0.1) is 6.92 Å². The molecule has 0 saturated carbocycles. The Balaban J connectivity index is 2.80. The van der Waals surface area contributed by atoms with E-state index in [9.17, 15) is 14.7 Å². The number of nitrogens with zero attached hydrogens (tertiary/aromatic N) is 1. The normalized spacial score (nSPS) is 10.2. The molecule has 21 heavy (non-hydrogen) atoms. The lowest BCUT2D eigenvalue weighted by Crippen LogP contribution is -2.19. The molecule has 0 unspecified atom stereocenters. The molecule has 7 nitrogen and oxygen atoms in total. The Morgan fingerprint density at radius 3 is 2.67 bits per heavy atom. The van der Waals surface area contributed by atoms with Crippen LogP contribution in [-0.4, -0.2) is 35.3 Å². The van der Waals surface area contributed by atoms with Crippen molar-refractivity contribution in [1.29, 1.82) is 0 Å². The zero-order valence-corrected chi connectivity index (χ0v) is 11.8. The lowest BCUT2D eigenvalue weighted by Gasteiger charge is -2.12. The molecule has 110 valence electrons. The zero-order chi connectivity index (χ0) is 15.6. The van der Waals surface area contributed by atoms with Crippen LogP contribution in [0.1, 0.15) is 16.1 Å². The number of benzene rings is 1. The lowest BCUT2D eigenvalue weighted by atomic mass is 10.0. The summed E-state index contributed by atoms with van der Waals surface area (Å²) < 4.78 is 9.72. The molecule has 0 amide bonds. The fourth-order valence-corrected chi connectivity index (χ4v) is 2.01. The second kappa shape index (κ2) is 5.66. The summed E-state index contributed by atoms with van der Waals surface area (Å²) in [6.45, 7) is 1.55. The van der Waals surface area contributed by atoms with Gasteiger partial charge in [-0.05, 0) is 19.1 Å². The largest absolute Gasteiger partial charge is 0.504 e. The van der Waals surface area contributed by atoms with Gasteiger partial charge < -0.3 is 19.6 Å². The molecule has 0 aliphatic carbocycles. The van der Waals surface area contributed by atoms with E-state index in [1.807, 2.05) is 0 Å². The average Bonchev–Trinajstić information content (AvgIpc) is 2.46. The van der Waals surface area contributed by atoms with Gasteiger partial charge in [-0.3, -0.25) is 0 Å². The summed E-state index contributed by atoms with van der Waals surface area (Å²) in [5.74, 6) is -0.654. The minimum absolute atomic E-state index is 0.0412. The Hall–Kier alpha value is -2.83. The highest BCUT2D eigenvalue weighted by atomic mass is 16.5. The molecule has 2 aromatic rings. The Labute approximate surface area is 120 Å². The van der Waals surface area contributed by atoms with E-state index in [1.54, 1.807) is 19.1 Å². The number of carbonyl (C=O) groups excluding carboxylic acids is 1. The number of aromatic hydroxyl groups is 1. The number of carbonyl (C=O) groups is 1. The summed E-state index contributed by atoms with van der Waals surface area (Å²) in [6, 6.07) is 4.70. The number of phenolic OH excluding ortho intramolecular Hbond substituents is 1. The van der Waals surface area contributed by atoms with Crippen LogP contribution in [0.4, 0.5) is 0 Å². The van der Waals surface area contributed by atoms with Crippen molar-refractivity contribution in [1.82, 2.24) is 9.97 Å². The Morgan fingerprint density at radius 1 is 1.33 bits per heavy atom. The maximum atomic E-state index is 11.9. The molecule has 0 bridgehead atoms. The van der Waals surface area contributed by atoms with Crippen LogP contribution in [0.5, 0.6) is 11.5 Å². The molecule has 1 heterocycles. The number of hydrogen-bond donors (Lipinski definition) is 2. The van der Waals surface area contributed by atoms with Crippen molar-refractivity contribution >= 4 is 5.97 Å². The summed E-state index contributed by atoms with van der Waals surface area (Å²) >= 11 is 0. The molecular formula is C14H14N2O5. The second-order valence-corrected chi connectivity index (χ2v) is 4.24. The van der Waals surface area contributed by atoms with Crippen LogP contribution in [-0.2, 0) is 4.74 Å². The number of methoxy groups -OCH3 is 2. The van der Waals surface area contributed by atoms with Gasteiger partial charge in [0, 0.05) is 11.3 Å². The first-order valence-electron chi connectivity index (χ1n) is 6.05. The van der Waals surface area contributed by atoms with E-state index in [2.05, 4.69) is 9.97 Å². The Morgan fingerprint density at radius 2 is 2.05 bits per heavy atom. The molecule has 0 atom stereocenters. The number of ether oxygens (including phenoxy) is 2. The highest BCUT2D eigenvalue weighted by molar-refractivity contribution is 5.98. The second-order valence-electron chi connectivity index (χ2n) is 4.24. The highest BCUT2D eigenvalue weighted by Gasteiger charge is 2.22. The third-order valence-electron chi connectivity index (χ3n) is 2.98. The highest BCUT2D eigenvalue weighted by Crippen LogP contribution is 2.37. The first-order chi connectivity index (χ1) is 9.99. The summed E-state index contributed by atoms with van der Waals surface area (Å²) in [4.78, 5) is 29.7. The van der Waals surface area contributed by atoms with Gasteiger partial charge in [0.2, 0.25) is 0 Å². The molecule has 2 N–H and O–H groups in total.